The summed E-state index contributed by atoms with van der Waals surface area (Å²) in [5, 5.41) is 10.8. The molecule has 4 heterocycles. The summed E-state index contributed by atoms with van der Waals surface area (Å²) in [5.41, 5.74) is 6.85. The van der Waals surface area contributed by atoms with Crippen LogP contribution in [0.25, 0.3) is 33.3 Å². The molecule has 0 fully saturated rings. The summed E-state index contributed by atoms with van der Waals surface area (Å²) in [6, 6.07) is 9.87. The number of rotatable bonds is 13. The molecule has 11 heteroatoms. The molecule has 0 saturated carbocycles. The van der Waals surface area contributed by atoms with Gasteiger partial charge in [0.05, 0.1) is 62.5 Å². The summed E-state index contributed by atoms with van der Waals surface area (Å²) in [7, 11) is 5.35. The van der Waals surface area contributed by atoms with Crippen LogP contribution in [-0.2, 0) is 31.2 Å². The van der Waals surface area contributed by atoms with E-state index >= 15 is 0 Å². The van der Waals surface area contributed by atoms with E-state index in [1.807, 2.05) is 42.1 Å². The van der Waals surface area contributed by atoms with Crippen molar-refractivity contribution < 1.29 is 19.3 Å². The quantitative estimate of drug-likeness (QED) is 0.195. The van der Waals surface area contributed by atoms with Crippen molar-refractivity contribution >= 4 is 39.5 Å². The van der Waals surface area contributed by atoms with Crippen molar-refractivity contribution in [1.82, 2.24) is 24.1 Å². The normalized spacial score (nSPS) is 11.5. The third kappa shape index (κ3) is 5.83. The van der Waals surface area contributed by atoms with Crippen LogP contribution in [0.15, 0.2) is 49.1 Å². The number of aliphatic hydroxyl groups excluding tert-OH is 1. The fourth-order valence-corrected chi connectivity index (χ4v) is 5.24. The highest BCUT2D eigenvalue weighted by molar-refractivity contribution is 7.98. The van der Waals surface area contributed by atoms with Crippen molar-refractivity contribution in [2.45, 2.75) is 33.4 Å². The smallest absolute Gasteiger partial charge is 0.164 e. The van der Waals surface area contributed by atoms with E-state index in [2.05, 4.69) is 39.9 Å². The fourth-order valence-electron chi connectivity index (χ4n) is 4.95. The Kier molecular flexibility index (Phi) is 8.96. The number of methoxy groups -OCH3 is 2. The number of fused-ring (bicyclic) bond motifs is 2. The van der Waals surface area contributed by atoms with Crippen molar-refractivity contribution in [2.24, 2.45) is 0 Å². The van der Waals surface area contributed by atoms with Gasteiger partial charge in [-0.05, 0) is 37.4 Å². The van der Waals surface area contributed by atoms with E-state index in [0.717, 1.165) is 68.4 Å². The predicted octanol–water partition coefficient (Wildman–Crippen LogP) is 4.95. The van der Waals surface area contributed by atoms with Gasteiger partial charge in [0, 0.05) is 54.7 Å². The first-order valence-electron chi connectivity index (χ1n) is 13.4. The third-order valence-electron chi connectivity index (χ3n) is 7.13. The molecule has 5 rings (SSSR count). The molecule has 0 amide bonds. The highest BCUT2D eigenvalue weighted by atomic mass is 32.2. The zero-order valence-electron chi connectivity index (χ0n) is 24.1. The molecular weight excluding hydrogens is 540 g/mol. The van der Waals surface area contributed by atoms with Crippen molar-refractivity contribution in [2.75, 3.05) is 44.8 Å². The number of benzene rings is 1. The number of hydrogen-bond donors (Lipinski definition) is 1. The topological polar surface area (TPSA) is 99.7 Å². The number of thioether (sulfide) groups is 1. The van der Waals surface area contributed by atoms with E-state index in [1.165, 1.54) is 0 Å². The molecule has 0 aliphatic carbocycles. The van der Waals surface area contributed by atoms with Crippen LogP contribution in [0.4, 0.5) is 5.69 Å². The number of nitrogens with zero attached hydrogens (tertiary/aromatic N) is 6. The minimum atomic E-state index is -0.128. The van der Waals surface area contributed by atoms with E-state index in [9.17, 15) is 5.11 Å². The molecule has 0 radical (unpaired) electrons. The summed E-state index contributed by atoms with van der Waals surface area (Å²) >= 11 is 1.75. The van der Waals surface area contributed by atoms with E-state index < -0.39 is 0 Å². The van der Waals surface area contributed by atoms with Crippen molar-refractivity contribution in [3.05, 3.63) is 60.3 Å². The van der Waals surface area contributed by atoms with Gasteiger partial charge in [0.2, 0.25) is 0 Å². The van der Waals surface area contributed by atoms with Crippen LogP contribution in [0.1, 0.15) is 18.2 Å². The van der Waals surface area contributed by atoms with Crippen molar-refractivity contribution in [3.8, 4) is 22.8 Å². The number of aliphatic hydroxyl groups is 1. The summed E-state index contributed by atoms with van der Waals surface area (Å²) in [6.07, 6.45) is 7.77. The maximum Gasteiger partial charge on any atom is 0.164 e. The van der Waals surface area contributed by atoms with E-state index in [4.69, 9.17) is 24.2 Å². The maximum atomic E-state index is 9.79. The van der Waals surface area contributed by atoms with Crippen LogP contribution >= 0.6 is 11.8 Å². The lowest BCUT2D eigenvalue weighted by Crippen LogP contribution is -2.18. The standard InChI is InChI=1S/C30H36N6O4S/c1-6-35-16-24(23-11-21(17-37)31-14-27(23)35)25-13-26(29-30(33-25)36(18-32-29)19-40-9-10-41-5)34(2)15-20-7-8-22(38-3)12-28(20)39-4/h7-8,11-14,16,18,37H,6,9-10,15,17,19H2,1-5H3. The molecule has 1 aromatic carbocycles. The second-order valence-corrected chi connectivity index (χ2v) is 10.6. The maximum absolute atomic E-state index is 9.79. The first-order chi connectivity index (χ1) is 20.0. The van der Waals surface area contributed by atoms with Gasteiger partial charge < -0.3 is 28.8 Å². The Balaban J connectivity index is 1.64. The Hall–Kier alpha value is -3.80. The minimum Gasteiger partial charge on any atom is -0.497 e. The molecule has 10 nitrogen and oxygen atoms in total. The van der Waals surface area contributed by atoms with Gasteiger partial charge in [0.25, 0.3) is 0 Å². The second kappa shape index (κ2) is 12.8. The lowest BCUT2D eigenvalue weighted by Gasteiger charge is -2.22. The average molecular weight is 577 g/mol. The van der Waals surface area contributed by atoms with Crippen LogP contribution < -0.4 is 14.4 Å². The molecule has 0 saturated heterocycles. The van der Waals surface area contributed by atoms with Crippen LogP contribution in [0.2, 0.25) is 0 Å². The monoisotopic (exact) mass is 576 g/mol. The van der Waals surface area contributed by atoms with E-state index in [1.54, 1.807) is 32.3 Å². The number of imidazole rings is 1. The van der Waals surface area contributed by atoms with E-state index in [0.29, 0.717) is 25.6 Å². The van der Waals surface area contributed by atoms with Crippen molar-refractivity contribution in [3.63, 3.8) is 0 Å². The Morgan fingerprint density at radius 1 is 1.07 bits per heavy atom. The Morgan fingerprint density at radius 2 is 1.93 bits per heavy atom. The number of ether oxygens (including phenoxy) is 3. The lowest BCUT2D eigenvalue weighted by molar-refractivity contribution is 0.0923. The molecule has 0 aliphatic rings. The van der Waals surface area contributed by atoms with Crippen molar-refractivity contribution in [1.29, 1.82) is 0 Å². The molecule has 5 aromatic rings. The largest absolute Gasteiger partial charge is 0.497 e. The number of aromatic nitrogens is 5. The van der Waals surface area contributed by atoms with E-state index in [-0.39, 0.29) is 6.61 Å². The molecule has 0 spiro atoms. The molecule has 4 aromatic heterocycles. The summed E-state index contributed by atoms with van der Waals surface area (Å²) in [6.45, 7) is 4.34. The van der Waals surface area contributed by atoms with Crippen LogP contribution in [-0.4, -0.2) is 69.1 Å². The van der Waals surface area contributed by atoms with Crippen LogP contribution in [0.5, 0.6) is 11.5 Å². The molecule has 1 N–H and O–H groups in total. The first-order valence-corrected chi connectivity index (χ1v) is 14.8. The number of aryl methyl sites for hydroxylation is 1. The zero-order valence-corrected chi connectivity index (χ0v) is 24.9. The zero-order chi connectivity index (χ0) is 28.9. The highest BCUT2D eigenvalue weighted by Crippen LogP contribution is 2.36. The third-order valence-corrected chi connectivity index (χ3v) is 7.71. The Bertz CT molecular complexity index is 1650. The molecule has 216 valence electrons. The molecule has 0 atom stereocenters. The van der Waals surface area contributed by atoms with Gasteiger partial charge in [-0.3, -0.25) is 9.55 Å². The van der Waals surface area contributed by atoms with Gasteiger partial charge in [-0.2, -0.15) is 11.8 Å². The Labute approximate surface area is 243 Å². The predicted molar refractivity (Wildman–Crippen MR) is 164 cm³/mol. The highest BCUT2D eigenvalue weighted by Gasteiger charge is 2.20. The van der Waals surface area contributed by atoms with Crippen LogP contribution in [0.3, 0.4) is 0 Å². The minimum absolute atomic E-state index is 0.128. The average Bonchev–Trinajstić information content (AvgIpc) is 3.59. The fraction of sp³-hybridized carbons (Fsp3) is 0.367. The molecule has 0 unspecified atom stereocenters. The van der Waals surface area contributed by atoms with Gasteiger partial charge in [0.15, 0.2) is 5.65 Å². The van der Waals surface area contributed by atoms with Gasteiger partial charge in [-0.1, -0.05) is 0 Å². The van der Waals surface area contributed by atoms with Gasteiger partial charge in [0.1, 0.15) is 23.7 Å². The molecule has 0 aliphatic heterocycles. The lowest BCUT2D eigenvalue weighted by atomic mass is 10.1. The molecular formula is C30H36N6O4S. The first kappa shape index (κ1) is 28.7. The molecule has 0 bridgehead atoms. The Morgan fingerprint density at radius 3 is 2.66 bits per heavy atom. The molecule has 41 heavy (non-hydrogen) atoms. The number of pyridine rings is 2. The van der Waals surface area contributed by atoms with Gasteiger partial charge in [-0.25, -0.2) is 9.97 Å². The summed E-state index contributed by atoms with van der Waals surface area (Å²) in [4.78, 5) is 16.5. The van der Waals surface area contributed by atoms with Crippen LogP contribution in [0, 0.1) is 0 Å². The number of anilines is 1. The summed E-state index contributed by atoms with van der Waals surface area (Å²) < 4.78 is 21.1. The second-order valence-electron chi connectivity index (χ2n) is 9.66. The van der Waals surface area contributed by atoms with Gasteiger partial charge in [-0.15, -0.1) is 0 Å². The van der Waals surface area contributed by atoms with Gasteiger partial charge >= 0.3 is 0 Å². The SMILES string of the molecule is CCn1cc(-c2cc(N(C)Cc3ccc(OC)cc3OC)c3ncn(COCCSC)c3n2)c2cc(CO)ncc21. The number of hydrogen-bond acceptors (Lipinski definition) is 9. The summed E-state index contributed by atoms with van der Waals surface area (Å²) in [5.74, 6) is 2.41.